The van der Waals surface area contributed by atoms with Gasteiger partial charge in [0.1, 0.15) is 0 Å². The minimum Gasteiger partial charge on any atom is -0.394 e. The Kier molecular flexibility index (Phi) is 7.21. The van der Waals surface area contributed by atoms with E-state index in [-0.39, 0.29) is 18.4 Å². The quantitative estimate of drug-likeness (QED) is 0.300. The summed E-state index contributed by atoms with van der Waals surface area (Å²) in [5, 5.41) is 15.0. The SMILES string of the molecule is O=C(N[C@@H](CO)c1ccccc1)C(c1ccc(Cn2ccc3ccc(Cl)cc32)cc1)C1CCCC1. The smallest absolute Gasteiger partial charge is 0.228 e. The first kappa shape index (κ1) is 23.7. The molecule has 2 atom stereocenters. The van der Waals surface area contributed by atoms with Crippen molar-refractivity contribution in [3.05, 3.63) is 107 Å². The number of benzene rings is 3. The van der Waals surface area contributed by atoms with Gasteiger partial charge in [-0.05, 0) is 59.0 Å². The summed E-state index contributed by atoms with van der Waals surface area (Å²) in [6, 6.07) is 25.8. The molecule has 2 N–H and O–H groups in total. The molecule has 5 rings (SSSR count). The number of aromatic nitrogens is 1. The maximum absolute atomic E-state index is 13.6. The summed E-state index contributed by atoms with van der Waals surface area (Å²) in [6.45, 7) is 0.617. The van der Waals surface area contributed by atoms with E-state index in [1.54, 1.807) is 0 Å². The van der Waals surface area contributed by atoms with Crippen LogP contribution < -0.4 is 5.32 Å². The molecule has 35 heavy (non-hydrogen) atoms. The first-order valence-electron chi connectivity index (χ1n) is 12.4. The summed E-state index contributed by atoms with van der Waals surface area (Å²) >= 11 is 6.22. The fourth-order valence-corrected chi connectivity index (χ4v) is 5.60. The number of carbonyl (C=O) groups is 1. The predicted molar refractivity (Wildman–Crippen MR) is 142 cm³/mol. The summed E-state index contributed by atoms with van der Waals surface area (Å²) in [4.78, 5) is 13.6. The molecule has 1 unspecified atom stereocenters. The van der Waals surface area contributed by atoms with Crippen molar-refractivity contribution in [3.8, 4) is 0 Å². The normalized spacial score (nSPS) is 15.8. The lowest BCUT2D eigenvalue weighted by Crippen LogP contribution is -2.37. The third-order valence-electron chi connectivity index (χ3n) is 7.28. The Bertz CT molecular complexity index is 1280. The van der Waals surface area contributed by atoms with Gasteiger partial charge in [0.15, 0.2) is 0 Å². The van der Waals surface area contributed by atoms with Crippen molar-refractivity contribution in [2.24, 2.45) is 5.92 Å². The molecular weight excluding hydrogens is 456 g/mol. The van der Waals surface area contributed by atoms with Crippen LogP contribution in [0.5, 0.6) is 0 Å². The number of aliphatic hydroxyl groups excluding tert-OH is 1. The standard InChI is InChI=1S/C30H31ClN2O2/c31-26-15-14-23-16-17-33(28(23)18-26)19-21-10-12-25(13-11-21)29(24-8-4-5-9-24)30(35)32-27(20-34)22-6-2-1-3-7-22/h1-3,6-7,10-18,24,27,29,34H,4-5,8-9,19-20H2,(H,32,35)/t27-,29?/m0/s1. The van der Waals surface area contributed by atoms with E-state index in [2.05, 4.69) is 46.4 Å². The molecule has 3 aromatic carbocycles. The van der Waals surface area contributed by atoms with Crippen LogP contribution in [0.2, 0.25) is 5.02 Å². The van der Waals surface area contributed by atoms with Crippen LogP contribution in [0.1, 0.15) is 54.3 Å². The van der Waals surface area contributed by atoms with Crippen LogP contribution in [-0.4, -0.2) is 22.2 Å². The zero-order chi connectivity index (χ0) is 24.2. The highest BCUT2D eigenvalue weighted by atomic mass is 35.5. The Morgan fingerprint density at radius 3 is 2.43 bits per heavy atom. The van der Waals surface area contributed by atoms with Crippen molar-refractivity contribution in [2.45, 2.75) is 44.2 Å². The molecule has 1 aliphatic rings. The molecule has 1 heterocycles. The van der Waals surface area contributed by atoms with Crippen LogP contribution in [0.4, 0.5) is 0 Å². The van der Waals surface area contributed by atoms with Crippen LogP contribution in [-0.2, 0) is 11.3 Å². The summed E-state index contributed by atoms with van der Waals surface area (Å²) in [5.74, 6) is 0.112. The van der Waals surface area contributed by atoms with Crippen molar-refractivity contribution in [3.63, 3.8) is 0 Å². The van der Waals surface area contributed by atoms with Gasteiger partial charge < -0.3 is 15.0 Å². The molecule has 0 spiro atoms. The average Bonchev–Trinajstić information content (AvgIpc) is 3.55. The molecule has 0 saturated heterocycles. The van der Waals surface area contributed by atoms with Gasteiger partial charge in [-0.15, -0.1) is 0 Å². The Hall–Kier alpha value is -3.08. The number of fused-ring (bicyclic) bond motifs is 1. The Morgan fingerprint density at radius 1 is 0.971 bits per heavy atom. The summed E-state index contributed by atoms with van der Waals surface area (Å²) < 4.78 is 2.20. The van der Waals surface area contributed by atoms with Gasteiger partial charge in [0.25, 0.3) is 0 Å². The van der Waals surface area contributed by atoms with Crippen LogP contribution in [0.25, 0.3) is 10.9 Å². The summed E-state index contributed by atoms with van der Waals surface area (Å²) in [6.07, 6.45) is 6.54. The fourth-order valence-electron chi connectivity index (χ4n) is 5.43. The van der Waals surface area contributed by atoms with Crippen LogP contribution in [0.3, 0.4) is 0 Å². The number of halogens is 1. The lowest BCUT2D eigenvalue weighted by atomic mass is 9.83. The fraction of sp³-hybridized carbons (Fsp3) is 0.300. The van der Waals surface area contributed by atoms with Gasteiger partial charge in [0.2, 0.25) is 5.91 Å². The number of carbonyl (C=O) groups excluding carboxylic acids is 1. The minimum atomic E-state index is -0.402. The molecule has 1 aliphatic carbocycles. The first-order chi connectivity index (χ1) is 17.1. The number of rotatable bonds is 8. The van der Waals surface area contributed by atoms with E-state index in [1.807, 2.05) is 48.5 Å². The third kappa shape index (κ3) is 5.29. The third-order valence-corrected chi connectivity index (χ3v) is 7.52. The van der Waals surface area contributed by atoms with Gasteiger partial charge in [-0.2, -0.15) is 0 Å². The Balaban J connectivity index is 1.36. The van der Waals surface area contributed by atoms with Crippen molar-refractivity contribution in [1.82, 2.24) is 9.88 Å². The maximum atomic E-state index is 13.6. The topological polar surface area (TPSA) is 54.3 Å². The van der Waals surface area contributed by atoms with Gasteiger partial charge in [-0.25, -0.2) is 0 Å². The number of aliphatic hydroxyl groups is 1. The van der Waals surface area contributed by atoms with Crippen LogP contribution in [0.15, 0.2) is 85.1 Å². The number of nitrogens with one attached hydrogen (secondary N) is 1. The second-order valence-corrected chi connectivity index (χ2v) is 10.0. The molecule has 1 fully saturated rings. The molecule has 4 aromatic rings. The maximum Gasteiger partial charge on any atom is 0.228 e. The van der Waals surface area contributed by atoms with E-state index >= 15 is 0 Å². The number of amides is 1. The minimum absolute atomic E-state index is 0.00130. The first-order valence-corrected chi connectivity index (χ1v) is 12.8. The van der Waals surface area contributed by atoms with Gasteiger partial charge in [0, 0.05) is 23.3 Å². The molecule has 1 amide bonds. The lowest BCUT2D eigenvalue weighted by Gasteiger charge is -2.26. The highest BCUT2D eigenvalue weighted by Crippen LogP contribution is 2.38. The van der Waals surface area contributed by atoms with Crippen molar-refractivity contribution in [2.75, 3.05) is 6.61 Å². The van der Waals surface area contributed by atoms with Gasteiger partial charge >= 0.3 is 0 Å². The molecule has 1 aromatic heterocycles. The zero-order valence-electron chi connectivity index (χ0n) is 19.7. The van der Waals surface area contributed by atoms with E-state index in [4.69, 9.17) is 11.6 Å². The highest BCUT2D eigenvalue weighted by Gasteiger charge is 2.33. The molecule has 180 valence electrons. The molecule has 0 bridgehead atoms. The monoisotopic (exact) mass is 486 g/mol. The molecule has 5 heteroatoms. The van der Waals surface area contributed by atoms with Crippen LogP contribution in [0, 0.1) is 5.92 Å². The zero-order valence-corrected chi connectivity index (χ0v) is 20.5. The average molecular weight is 487 g/mol. The molecule has 4 nitrogen and oxygen atoms in total. The highest BCUT2D eigenvalue weighted by molar-refractivity contribution is 6.31. The Labute approximate surface area is 211 Å². The summed E-state index contributed by atoms with van der Waals surface area (Å²) in [7, 11) is 0. The second-order valence-electron chi connectivity index (χ2n) is 9.56. The van der Waals surface area contributed by atoms with E-state index in [9.17, 15) is 9.90 Å². The summed E-state index contributed by atoms with van der Waals surface area (Å²) in [5.41, 5.74) is 4.25. The van der Waals surface area contributed by atoms with Gasteiger partial charge in [-0.3, -0.25) is 4.79 Å². The van der Waals surface area contributed by atoms with E-state index in [0.717, 1.165) is 53.9 Å². The molecule has 1 saturated carbocycles. The number of nitrogens with zero attached hydrogens (tertiary/aromatic N) is 1. The number of hydrogen-bond acceptors (Lipinski definition) is 2. The Morgan fingerprint density at radius 2 is 1.71 bits per heavy atom. The molecule has 0 radical (unpaired) electrons. The molecule has 0 aliphatic heterocycles. The largest absolute Gasteiger partial charge is 0.394 e. The van der Waals surface area contributed by atoms with E-state index < -0.39 is 6.04 Å². The van der Waals surface area contributed by atoms with Crippen molar-refractivity contribution in [1.29, 1.82) is 0 Å². The predicted octanol–water partition coefficient (Wildman–Crippen LogP) is 6.47. The van der Waals surface area contributed by atoms with Gasteiger partial charge in [0.05, 0.1) is 18.6 Å². The van der Waals surface area contributed by atoms with E-state index in [0.29, 0.717) is 5.92 Å². The van der Waals surface area contributed by atoms with Gasteiger partial charge in [-0.1, -0.05) is 85.1 Å². The van der Waals surface area contributed by atoms with Crippen LogP contribution >= 0.6 is 11.6 Å². The van der Waals surface area contributed by atoms with E-state index in [1.165, 1.54) is 10.9 Å². The van der Waals surface area contributed by atoms with Crippen molar-refractivity contribution < 1.29 is 9.90 Å². The lowest BCUT2D eigenvalue weighted by molar-refractivity contribution is -0.124. The van der Waals surface area contributed by atoms with Crippen molar-refractivity contribution >= 4 is 28.4 Å². The second kappa shape index (κ2) is 10.7. The molecular formula is C30H31ClN2O2. The number of hydrogen-bond donors (Lipinski definition) is 2.